The van der Waals surface area contributed by atoms with E-state index < -0.39 is 9.84 Å². The number of sulfone groups is 1. The lowest BCUT2D eigenvalue weighted by atomic mass is 10.2. The Balaban J connectivity index is 1.89. The third-order valence-electron chi connectivity index (χ3n) is 3.53. The maximum atomic E-state index is 11.7. The van der Waals surface area contributed by atoms with Gasteiger partial charge in [0.2, 0.25) is 5.91 Å². The molecule has 1 amide bonds. The van der Waals surface area contributed by atoms with E-state index >= 15 is 0 Å². The molecule has 1 atom stereocenters. The Bertz CT molecular complexity index is 596. The van der Waals surface area contributed by atoms with E-state index in [2.05, 4.69) is 5.32 Å². The zero-order chi connectivity index (χ0) is 15.5. The van der Waals surface area contributed by atoms with Crippen molar-refractivity contribution in [2.45, 2.75) is 32.4 Å². The van der Waals surface area contributed by atoms with Crippen LogP contribution in [0.4, 0.5) is 5.69 Å². The maximum absolute atomic E-state index is 11.7. The predicted molar refractivity (Wildman–Crippen MR) is 84.0 cm³/mol. The van der Waals surface area contributed by atoms with Crippen LogP contribution in [-0.2, 0) is 21.2 Å². The lowest BCUT2D eigenvalue weighted by Gasteiger charge is -2.17. The van der Waals surface area contributed by atoms with Crippen molar-refractivity contribution in [3.63, 3.8) is 0 Å². The standard InChI is InChI=1S/C15H22N2O3S/c1-12(11-21(2,19)20)16-10-13-5-7-14(8-6-13)17-9-3-4-15(17)18/h5-8,12,16H,3-4,9-11H2,1-2H3. The van der Waals surface area contributed by atoms with Gasteiger partial charge in [-0.3, -0.25) is 4.79 Å². The smallest absolute Gasteiger partial charge is 0.227 e. The zero-order valence-electron chi connectivity index (χ0n) is 12.5. The summed E-state index contributed by atoms with van der Waals surface area (Å²) >= 11 is 0. The number of carbonyl (C=O) groups is 1. The average Bonchev–Trinajstić information content (AvgIpc) is 2.81. The van der Waals surface area contributed by atoms with Gasteiger partial charge in [-0.15, -0.1) is 0 Å². The molecule has 1 fully saturated rings. The van der Waals surface area contributed by atoms with Crippen LogP contribution >= 0.6 is 0 Å². The van der Waals surface area contributed by atoms with Crippen molar-refractivity contribution in [1.82, 2.24) is 5.32 Å². The Hall–Kier alpha value is -1.40. The number of nitrogens with zero attached hydrogens (tertiary/aromatic N) is 1. The summed E-state index contributed by atoms with van der Waals surface area (Å²) in [7, 11) is -2.96. The van der Waals surface area contributed by atoms with Gasteiger partial charge in [-0.1, -0.05) is 12.1 Å². The number of anilines is 1. The number of hydrogen-bond acceptors (Lipinski definition) is 4. The quantitative estimate of drug-likeness (QED) is 0.861. The Kier molecular flexibility index (Phi) is 5.00. The largest absolute Gasteiger partial charge is 0.312 e. The summed E-state index contributed by atoms with van der Waals surface area (Å²) in [5.41, 5.74) is 2.01. The molecule has 1 saturated heterocycles. The van der Waals surface area contributed by atoms with Crippen LogP contribution in [0.25, 0.3) is 0 Å². The van der Waals surface area contributed by atoms with Gasteiger partial charge in [0.25, 0.3) is 0 Å². The van der Waals surface area contributed by atoms with Gasteiger partial charge in [0.15, 0.2) is 0 Å². The zero-order valence-corrected chi connectivity index (χ0v) is 13.3. The third-order valence-corrected chi connectivity index (χ3v) is 4.63. The lowest BCUT2D eigenvalue weighted by molar-refractivity contribution is -0.117. The van der Waals surface area contributed by atoms with Crippen LogP contribution < -0.4 is 10.2 Å². The van der Waals surface area contributed by atoms with Crippen molar-refractivity contribution < 1.29 is 13.2 Å². The highest BCUT2D eigenvalue weighted by atomic mass is 32.2. The summed E-state index contributed by atoms with van der Waals surface area (Å²) in [6, 6.07) is 7.75. The van der Waals surface area contributed by atoms with E-state index in [-0.39, 0.29) is 17.7 Å². The van der Waals surface area contributed by atoms with Crippen LogP contribution in [0.3, 0.4) is 0 Å². The second-order valence-corrected chi connectivity index (χ2v) is 7.87. The number of amides is 1. The minimum atomic E-state index is -2.96. The van der Waals surface area contributed by atoms with Crippen LogP contribution in [0.15, 0.2) is 24.3 Å². The topological polar surface area (TPSA) is 66.5 Å². The van der Waals surface area contributed by atoms with Crippen molar-refractivity contribution in [2.24, 2.45) is 0 Å². The average molecular weight is 310 g/mol. The fourth-order valence-corrected chi connectivity index (χ4v) is 3.55. The van der Waals surface area contributed by atoms with E-state index in [0.29, 0.717) is 13.0 Å². The molecule has 1 N–H and O–H groups in total. The van der Waals surface area contributed by atoms with Gasteiger partial charge < -0.3 is 10.2 Å². The first kappa shape index (κ1) is 16.0. The molecule has 1 aliphatic heterocycles. The minimum Gasteiger partial charge on any atom is -0.312 e. The molecule has 1 aliphatic rings. The highest BCUT2D eigenvalue weighted by Gasteiger charge is 2.21. The van der Waals surface area contributed by atoms with Crippen LogP contribution in [0, 0.1) is 0 Å². The van der Waals surface area contributed by atoms with E-state index in [1.54, 1.807) is 0 Å². The predicted octanol–water partition coefficient (Wildman–Crippen LogP) is 1.34. The molecule has 1 unspecified atom stereocenters. The third kappa shape index (κ3) is 4.82. The van der Waals surface area contributed by atoms with Gasteiger partial charge in [0, 0.05) is 37.5 Å². The number of rotatable bonds is 6. The number of hydrogen-bond donors (Lipinski definition) is 1. The number of carbonyl (C=O) groups excluding carboxylic acids is 1. The molecule has 2 rings (SSSR count). The first-order valence-corrected chi connectivity index (χ1v) is 9.21. The summed E-state index contributed by atoms with van der Waals surface area (Å²) in [4.78, 5) is 13.5. The van der Waals surface area contributed by atoms with Crippen molar-refractivity contribution in [3.05, 3.63) is 29.8 Å². The van der Waals surface area contributed by atoms with Gasteiger partial charge in [0.1, 0.15) is 9.84 Å². The van der Waals surface area contributed by atoms with Crippen LogP contribution in [0.5, 0.6) is 0 Å². The molecule has 5 nitrogen and oxygen atoms in total. The molecule has 0 bridgehead atoms. The van der Waals surface area contributed by atoms with E-state index in [1.807, 2.05) is 36.1 Å². The Labute approximate surface area is 126 Å². The van der Waals surface area contributed by atoms with Crippen LogP contribution in [-0.4, -0.2) is 38.9 Å². The molecule has 1 heterocycles. The highest BCUT2D eigenvalue weighted by Crippen LogP contribution is 2.21. The molecule has 0 radical (unpaired) electrons. The molecule has 1 aromatic carbocycles. The van der Waals surface area contributed by atoms with Crippen LogP contribution in [0.2, 0.25) is 0 Å². The van der Waals surface area contributed by atoms with Gasteiger partial charge >= 0.3 is 0 Å². The summed E-state index contributed by atoms with van der Waals surface area (Å²) < 4.78 is 22.4. The van der Waals surface area contributed by atoms with Crippen molar-refractivity contribution in [1.29, 1.82) is 0 Å². The summed E-state index contributed by atoms with van der Waals surface area (Å²) in [6.07, 6.45) is 2.80. The molecule has 0 aromatic heterocycles. The van der Waals surface area contributed by atoms with E-state index in [1.165, 1.54) is 6.26 Å². The molecule has 0 aliphatic carbocycles. The fourth-order valence-electron chi connectivity index (χ4n) is 2.52. The Morgan fingerprint density at radius 1 is 1.29 bits per heavy atom. The molecule has 21 heavy (non-hydrogen) atoms. The summed E-state index contributed by atoms with van der Waals surface area (Å²) in [5, 5.41) is 3.19. The van der Waals surface area contributed by atoms with E-state index in [4.69, 9.17) is 0 Å². The normalized spacial score (nSPS) is 17.2. The molecule has 6 heteroatoms. The van der Waals surface area contributed by atoms with Crippen molar-refractivity contribution >= 4 is 21.4 Å². The Morgan fingerprint density at radius 2 is 1.95 bits per heavy atom. The Morgan fingerprint density at radius 3 is 2.48 bits per heavy atom. The van der Waals surface area contributed by atoms with Gasteiger partial charge in [0.05, 0.1) is 5.75 Å². The molecule has 0 saturated carbocycles. The van der Waals surface area contributed by atoms with Gasteiger partial charge in [-0.25, -0.2) is 8.42 Å². The summed E-state index contributed by atoms with van der Waals surface area (Å²) in [5.74, 6) is 0.315. The van der Waals surface area contributed by atoms with Crippen LogP contribution in [0.1, 0.15) is 25.3 Å². The lowest BCUT2D eigenvalue weighted by Crippen LogP contribution is -2.32. The molecular formula is C15H22N2O3S. The molecule has 1 aromatic rings. The van der Waals surface area contributed by atoms with Gasteiger partial charge in [-0.05, 0) is 31.0 Å². The second kappa shape index (κ2) is 6.58. The molecular weight excluding hydrogens is 288 g/mol. The molecule has 0 spiro atoms. The number of benzene rings is 1. The van der Waals surface area contributed by atoms with Gasteiger partial charge in [-0.2, -0.15) is 0 Å². The van der Waals surface area contributed by atoms with Crippen molar-refractivity contribution in [2.75, 3.05) is 23.5 Å². The second-order valence-electron chi connectivity index (χ2n) is 5.69. The fraction of sp³-hybridized carbons (Fsp3) is 0.533. The number of nitrogens with one attached hydrogen (secondary N) is 1. The first-order chi connectivity index (χ1) is 9.85. The monoisotopic (exact) mass is 310 g/mol. The van der Waals surface area contributed by atoms with E-state index in [9.17, 15) is 13.2 Å². The van der Waals surface area contributed by atoms with E-state index in [0.717, 1.165) is 24.2 Å². The highest BCUT2D eigenvalue weighted by molar-refractivity contribution is 7.90. The molecule has 116 valence electrons. The minimum absolute atomic E-state index is 0.0835. The maximum Gasteiger partial charge on any atom is 0.227 e. The summed E-state index contributed by atoms with van der Waals surface area (Å²) in [6.45, 7) is 3.27. The van der Waals surface area contributed by atoms with Crippen molar-refractivity contribution in [3.8, 4) is 0 Å². The first-order valence-electron chi connectivity index (χ1n) is 7.15. The SMILES string of the molecule is CC(CS(C)(=O)=O)NCc1ccc(N2CCCC2=O)cc1.